The molecule has 0 spiro atoms. The molecule has 1 aliphatic rings. The number of nitro benzene ring substituents is 1. The Morgan fingerprint density at radius 3 is 2.58 bits per heavy atom. The molecule has 3 rings (SSSR count). The van der Waals surface area contributed by atoms with Gasteiger partial charge in [-0.25, -0.2) is 9.79 Å². The third kappa shape index (κ3) is 4.77. The van der Waals surface area contributed by atoms with E-state index in [1.807, 2.05) is 0 Å². The van der Waals surface area contributed by atoms with Crippen molar-refractivity contribution in [3.63, 3.8) is 0 Å². The highest BCUT2D eigenvalue weighted by atomic mass is 16.6. The van der Waals surface area contributed by atoms with Crippen molar-refractivity contribution >= 4 is 29.6 Å². The highest BCUT2D eigenvalue weighted by molar-refractivity contribution is 6.13. The number of rotatable bonds is 6. The van der Waals surface area contributed by atoms with Crippen molar-refractivity contribution < 1.29 is 28.7 Å². The first-order chi connectivity index (χ1) is 14.7. The third-order valence-electron chi connectivity index (χ3n) is 4.45. The van der Waals surface area contributed by atoms with Crippen LogP contribution in [0.3, 0.4) is 0 Å². The fourth-order valence-electron chi connectivity index (χ4n) is 2.71. The van der Waals surface area contributed by atoms with Gasteiger partial charge in [-0.1, -0.05) is 26.0 Å². The quantitative estimate of drug-likeness (QED) is 0.227. The van der Waals surface area contributed by atoms with Crippen LogP contribution in [0.25, 0.3) is 6.08 Å². The lowest BCUT2D eigenvalue weighted by atomic mass is 10.1. The van der Waals surface area contributed by atoms with E-state index in [2.05, 4.69) is 4.99 Å². The second-order valence-corrected chi connectivity index (χ2v) is 7.08. The minimum Gasteiger partial charge on any atom is -0.493 e. The summed E-state index contributed by atoms with van der Waals surface area (Å²) in [4.78, 5) is 38.9. The number of methoxy groups -OCH3 is 1. The van der Waals surface area contributed by atoms with E-state index in [1.165, 1.54) is 19.3 Å². The minimum absolute atomic E-state index is 0.0196. The molecule has 0 unspecified atom stereocenters. The van der Waals surface area contributed by atoms with Gasteiger partial charge in [0.2, 0.25) is 5.90 Å². The molecule has 0 aliphatic carbocycles. The van der Waals surface area contributed by atoms with Gasteiger partial charge in [-0.05, 0) is 36.8 Å². The molecule has 0 saturated heterocycles. The normalized spacial score (nSPS) is 14.4. The summed E-state index contributed by atoms with van der Waals surface area (Å²) in [5.74, 6) is -0.835. The first-order valence-corrected chi connectivity index (χ1v) is 9.37. The highest BCUT2D eigenvalue weighted by Crippen LogP contribution is 2.30. The molecular formula is C22H20N2O7. The van der Waals surface area contributed by atoms with Crippen LogP contribution >= 0.6 is 0 Å². The summed E-state index contributed by atoms with van der Waals surface area (Å²) in [6.45, 7) is 5.06. The summed E-state index contributed by atoms with van der Waals surface area (Å²) in [7, 11) is 1.43. The van der Waals surface area contributed by atoms with E-state index in [0.717, 1.165) is 0 Å². The van der Waals surface area contributed by atoms with Gasteiger partial charge in [0.25, 0.3) is 5.69 Å². The minimum atomic E-state index is -0.687. The molecule has 1 aliphatic heterocycles. The Balaban J connectivity index is 1.91. The van der Waals surface area contributed by atoms with Gasteiger partial charge >= 0.3 is 11.9 Å². The van der Waals surface area contributed by atoms with E-state index in [-0.39, 0.29) is 28.9 Å². The van der Waals surface area contributed by atoms with Crippen LogP contribution in [0, 0.1) is 23.0 Å². The van der Waals surface area contributed by atoms with E-state index in [0.29, 0.717) is 22.4 Å². The van der Waals surface area contributed by atoms with Crippen LogP contribution in [0.4, 0.5) is 5.69 Å². The second-order valence-electron chi connectivity index (χ2n) is 7.08. The monoisotopic (exact) mass is 424 g/mol. The van der Waals surface area contributed by atoms with Gasteiger partial charge in [0.15, 0.2) is 17.2 Å². The van der Waals surface area contributed by atoms with Crippen molar-refractivity contribution in [3.05, 3.63) is 68.9 Å². The van der Waals surface area contributed by atoms with E-state index < -0.39 is 16.9 Å². The standard InChI is InChI=1S/C22H20N2O7/c1-12(2)21(25)30-18-8-6-14(10-19(18)29-4)9-16-22(26)31-20(23-16)15-7-5-13(3)17(11-15)24(27)28/h5-12H,1-4H3/b16-9-. The summed E-state index contributed by atoms with van der Waals surface area (Å²) in [5, 5.41) is 11.2. The Morgan fingerprint density at radius 2 is 1.94 bits per heavy atom. The zero-order chi connectivity index (χ0) is 22.7. The van der Waals surface area contributed by atoms with Gasteiger partial charge in [0.05, 0.1) is 18.0 Å². The van der Waals surface area contributed by atoms with Crippen molar-refractivity contribution in [2.24, 2.45) is 10.9 Å². The Morgan fingerprint density at radius 1 is 1.19 bits per heavy atom. The number of carbonyl (C=O) groups is 2. The molecule has 160 valence electrons. The molecule has 0 N–H and O–H groups in total. The summed E-state index contributed by atoms with van der Waals surface area (Å²) in [5.41, 5.74) is 1.30. The average molecular weight is 424 g/mol. The number of cyclic esters (lactones) is 1. The summed E-state index contributed by atoms with van der Waals surface area (Å²) in [6.07, 6.45) is 1.48. The Bertz CT molecular complexity index is 1130. The lowest BCUT2D eigenvalue weighted by molar-refractivity contribution is -0.385. The number of hydrogen-bond donors (Lipinski definition) is 0. The molecule has 0 fully saturated rings. The van der Waals surface area contributed by atoms with Gasteiger partial charge in [-0.3, -0.25) is 14.9 Å². The number of hydrogen-bond acceptors (Lipinski definition) is 8. The molecular weight excluding hydrogens is 404 g/mol. The maximum atomic E-state index is 12.3. The van der Waals surface area contributed by atoms with Crippen molar-refractivity contribution in [2.75, 3.05) is 7.11 Å². The molecule has 2 aromatic carbocycles. The molecule has 2 aromatic rings. The maximum Gasteiger partial charge on any atom is 0.363 e. The number of aliphatic imine (C=N–C) groups is 1. The average Bonchev–Trinajstić information content (AvgIpc) is 3.09. The van der Waals surface area contributed by atoms with Crippen LogP contribution in [0.2, 0.25) is 0 Å². The van der Waals surface area contributed by atoms with E-state index in [4.69, 9.17) is 14.2 Å². The van der Waals surface area contributed by atoms with Gasteiger partial charge in [-0.15, -0.1) is 0 Å². The second kappa shape index (κ2) is 8.78. The number of nitrogens with zero attached hydrogens (tertiary/aromatic N) is 2. The summed E-state index contributed by atoms with van der Waals surface area (Å²) < 4.78 is 15.8. The number of carbonyl (C=O) groups excluding carboxylic acids is 2. The zero-order valence-electron chi connectivity index (χ0n) is 17.4. The fraction of sp³-hybridized carbons (Fsp3) is 0.227. The zero-order valence-corrected chi connectivity index (χ0v) is 17.4. The summed E-state index contributed by atoms with van der Waals surface area (Å²) in [6, 6.07) is 9.25. The first-order valence-electron chi connectivity index (χ1n) is 9.37. The third-order valence-corrected chi connectivity index (χ3v) is 4.45. The molecule has 0 radical (unpaired) electrons. The number of esters is 2. The fourth-order valence-corrected chi connectivity index (χ4v) is 2.71. The van der Waals surface area contributed by atoms with Gasteiger partial charge in [-0.2, -0.15) is 0 Å². The van der Waals surface area contributed by atoms with Crippen LogP contribution in [0.1, 0.15) is 30.5 Å². The largest absolute Gasteiger partial charge is 0.493 e. The Labute approximate surface area is 178 Å². The van der Waals surface area contributed by atoms with Crippen molar-refractivity contribution in [2.45, 2.75) is 20.8 Å². The lowest BCUT2D eigenvalue weighted by Gasteiger charge is -2.11. The molecule has 9 nitrogen and oxygen atoms in total. The predicted octanol–water partition coefficient (Wildman–Crippen LogP) is 3.82. The topological polar surface area (TPSA) is 117 Å². The molecule has 0 saturated carbocycles. The Hall–Kier alpha value is -4.01. The molecule has 9 heteroatoms. The molecule has 0 bridgehead atoms. The van der Waals surface area contributed by atoms with E-state index in [1.54, 1.807) is 51.1 Å². The van der Waals surface area contributed by atoms with Crippen molar-refractivity contribution in [1.29, 1.82) is 0 Å². The molecule has 0 aromatic heterocycles. The smallest absolute Gasteiger partial charge is 0.363 e. The molecule has 1 heterocycles. The van der Waals surface area contributed by atoms with Crippen LogP contribution in [0.15, 0.2) is 47.1 Å². The SMILES string of the molecule is COc1cc(/C=C2\N=C(c3ccc(C)c([N+](=O)[O-])c3)OC2=O)ccc1OC(=O)C(C)C. The maximum absolute atomic E-state index is 12.3. The highest BCUT2D eigenvalue weighted by Gasteiger charge is 2.26. The van der Waals surface area contributed by atoms with Crippen molar-refractivity contribution in [3.8, 4) is 11.5 Å². The van der Waals surface area contributed by atoms with Gasteiger partial charge in [0.1, 0.15) is 0 Å². The number of aryl methyl sites for hydroxylation is 1. The number of nitro groups is 1. The number of ether oxygens (including phenoxy) is 3. The molecule has 0 atom stereocenters. The Kier molecular flexibility index (Phi) is 6.15. The molecule has 31 heavy (non-hydrogen) atoms. The van der Waals surface area contributed by atoms with Gasteiger partial charge < -0.3 is 14.2 Å². The van der Waals surface area contributed by atoms with E-state index >= 15 is 0 Å². The van der Waals surface area contributed by atoms with Crippen LogP contribution in [-0.4, -0.2) is 29.9 Å². The van der Waals surface area contributed by atoms with Crippen LogP contribution in [-0.2, 0) is 14.3 Å². The van der Waals surface area contributed by atoms with Crippen molar-refractivity contribution in [1.82, 2.24) is 0 Å². The van der Waals surface area contributed by atoms with Crippen LogP contribution in [0.5, 0.6) is 11.5 Å². The molecule has 0 amide bonds. The van der Waals surface area contributed by atoms with Gasteiger partial charge in [0, 0.05) is 17.2 Å². The predicted molar refractivity (Wildman–Crippen MR) is 112 cm³/mol. The summed E-state index contributed by atoms with van der Waals surface area (Å²) >= 11 is 0. The lowest BCUT2D eigenvalue weighted by Crippen LogP contribution is -2.15. The van der Waals surface area contributed by atoms with Crippen LogP contribution < -0.4 is 9.47 Å². The first kappa shape index (κ1) is 21.7. The van der Waals surface area contributed by atoms with E-state index in [9.17, 15) is 19.7 Å². The number of benzene rings is 2.